The second kappa shape index (κ2) is 59.6. The van der Waals surface area contributed by atoms with Crippen LogP contribution >= 0.6 is 0 Å². The molecule has 4 amide bonds. The summed E-state index contributed by atoms with van der Waals surface area (Å²) in [7, 11) is 0. The number of nitrogens with one attached hydrogen (secondary N) is 4. The monoisotopic (exact) mass is 1890 g/mol. The molecule has 0 aliphatic carbocycles. The lowest BCUT2D eigenvalue weighted by Gasteiger charge is -2.53. The molecule has 6 aliphatic rings. The van der Waals surface area contributed by atoms with E-state index in [-0.39, 0.29) is 6.42 Å². The number of carbonyl (C=O) groups is 6. The molecule has 0 radical (unpaired) electrons. The van der Waals surface area contributed by atoms with Crippen molar-refractivity contribution in [3.05, 3.63) is 12.2 Å². The third-order valence-electron chi connectivity index (χ3n) is 25.1. The average Bonchev–Trinajstić information content (AvgIpc) is 0.746. The van der Waals surface area contributed by atoms with Crippen LogP contribution < -0.4 is 21.3 Å². The number of unbranched alkanes of at least 4 members (excludes halogenated alkanes) is 29. The van der Waals surface area contributed by atoms with Gasteiger partial charge in [-0.3, -0.25) is 19.2 Å². The zero-order chi connectivity index (χ0) is 96.7. The van der Waals surface area contributed by atoms with Gasteiger partial charge in [-0.2, -0.15) is 0 Å². The molecule has 6 heterocycles. The number of aliphatic hydroxyl groups excluding tert-OH is 19. The molecule has 34 atom stereocenters. The third kappa shape index (κ3) is 34.7. The van der Waals surface area contributed by atoms with Crippen LogP contribution in [0.5, 0.6) is 0 Å². The molecule has 6 rings (SSSR count). The van der Waals surface area contributed by atoms with Crippen molar-refractivity contribution in [1.29, 1.82) is 0 Å². The summed E-state index contributed by atoms with van der Waals surface area (Å²) < 4.78 is 72.5. The largest absolute Gasteiger partial charge is 0.477 e. The smallest absolute Gasteiger partial charge is 0.364 e. The SMILES string of the molecule is CCCCCCCCCCCCC/C=C/[C@@H](O)[C@H](CO[C@@H]1OC(CO)[C@@H](O[C@@H]2OC(CO)[C@H](O[C@@H]3OC(CO)[C@H](O)[C@H](O[C@@H]4OC(CO)[C@H](O)[C@H](O[C@]5(C(=O)O)CC(O)[C@@H](NC(C)=O)C([C@H](O)[C@H](O)CO)O5)C4O)C3NC(C)=O)[C@H](O[C@]3(C(=O)O)CC(O)[C@@H](NC(C)=O)C([C@H](O)[C@H](O)CO)O3)C2O)[C@H](O)C1O)NC(=O)CCCCCCCCCCCCCCCCCCCCC. The molecule has 12 unspecified atom stereocenters. The van der Waals surface area contributed by atoms with Gasteiger partial charge in [0.25, 0.3) is 11.6 Å². The van der Waals surface area contributed by atoms with E-state index in [1.165, 1.54) is 128 Å². The van der Waals surface area contributed by atoms with Crippen molar-refractivity contribution in [2.24, 2.45) is 0 Å². The number of rotatable bonds is 63. The quantitative estimate of drug-likeness (QED) is 0.0225. The van der Waals surface area contributed by atoms with E-state index < -0.39 is 302 Å². The van der Waals surface area contributed by atoms with Crippen molar-refractivity contribution in [1.82, 2.24) is 21.3 Å². The van der Waals surface area contributed by atoms with Gasteiger partial charge in [0.15, 0.2) is 25.2 Å². The Kier molecular flexibility index (Phi) is 52.3. The minimum atomic E-state index is -3.50. The average molecular weight is 1890 g/mol. The summed E-state index contributed by atoms with van der Waals surface area (Å²) in [4.78, 5) is 79.7. The standard InChI is InChI=1S/C88H156N4O39/c1-6-8-10-12-14-16-18-20-21-22-23-24-25-27-29-31-33-35-37-39-62(107)92-52(53(102)38-36-34-32-30-28-26-19-17-15-13-11-9-7-2)48-120-82-71(113)70(112)74(60(46-97)123-82)125-84-73(115)80(131-88(86(118)119)41-55(104)64(90-50(4)100)78(129-88)67(109)57(106)43-94)75(61(47-98)124-84)126-81-65(91-51(5)101)76(68(110)58(44-95)121-81)127-83-72(114)79(69(111)59(45-96)122-83)130-87(85(116)117)40-54(103)63(89-49(3)99)77(128-87)66(108)56(105)42-93/h36,38,52-61,63-84,93-98,102-106,108-115H,6-35,37,39-48H2,1-5H3,(H,89,99)(H,90,100)(H,91,101)(H,92,107)(H,116,117)(H,118,119)/b38-36+/t52-,53+,54?,55?,56+,57+,58?,59?,60?,61?,63+,64+,65?,66+,67+,68-,69-,70+,71?,72?,73?,74+,75-,76+,77?,78?,79-,80+,81-,82+,83-,84-,87-,88-/m0/s1. The number of hydrogen-bond donors (Lipinski definition) is 25. The van der Waals surface area contributed by atoms with Crippen molar-refractivity contribution in [2.45, 2.75) is 460 Å². The van der Waals surface area contributed by atoms with Gasteiger partial charge in [-0.25, -0.2) is 9.59 Å². The van der Waals surface area contributed by atoms with Crippen molar-refractivity contribution in [3.63, 3.8) is 0 Å². The maximum Gasteiger partial charge on any atom is 0.364 e. The highest BCUT2D eigenvalue weighted by Crippen LogP contribution is 2.43. The van der Waals surface area contributed by atoms with Gasteiger partial charge < -0.3 is 185 Å². The maximum absolute atomic E-state index is 14.1. The zero-order valence-electron chi connectivity index (χ0n) is 76.4. The van der Waals surface area contributed by atoms with E-state index in [4.69, 9.17) is 56.8 Å². The summed E-state index contributed by atoms with van der Waals surface area (Å²) in [5.41, 5.74) is 0. The lowest BCUT2D eigenvalue weighted by Crippen LogP contribution is -2.72. The Morgan fingerprint density at radius 1 is 0.397 bits per heavy atom. The fourth-order valence-corrected chi connectivity index (χ4v) is 17.6. The van der Waals surface area contributed by atoms with E-state index in [1.807, 2.05) is 0 Å². The molecule has 0 bridgehead atoms. The highest BCUT2D eigenvalue weighted by molar-refractivity contribution is 5.78. The number of ether oxygens (including phenoxy) is 12. The van der Waals surface area contributed by atoms with Crippen LogP contribution in [0.3, 0.4) is 0 Å². The fourth-order valence-electron chi connectivity index (χ4n) is 17.6. The Hall–Kier alpha value is -4.68. The number of hydrogen-bond acceptors (Lipinski definition) is 37. The molecule has 6 aliphatic heterocycles. The first-order valence-electron chi connectivity index (χ1n) is 47.2. The Labute approximate surface area is 765 Å². The van der Waals surface area contributed by atoms with Gasteiger partial charge in [0.1, 0.15) is 134 Å². The lowest BCUT2D eigenvalue weighted by molar-refractivity contribution is -0.405. The summed E-state index contributed by atoms with van der Waals surface area (Å²) in [6.45, 7) is -0.808. The molecule has 6 fully saturated rings. The van der Waals surface area contributed by atoms with Crippen LogP contribution in [-0.4, -0.2) is 396 Å². The van der Waals surface area contributed by atoms with E-state index in [1.54, 1.807) is 6.08 Å². The summed E-state index contributed by atoms with van der Waals surface area (Å²) in [6, 6.07) is -6.94. The second-order valence-electron chi connectivity index (χ2n) is 35.7. The third-order valence-corrected chi connectivity index (χ3v) is 25.1. The van der Waals surface area contributed by atoms with Gasteiger partial charge in [-0.05, 0) is 19.3 Å². The molecule has 0 aromatic heterocycles. The van der Waals surface area contributed by atoms with Gasteiger partial charge in [0.2, 0.25) is 23.6 Å². The highest BCUT2D eigenvalue weighted by Gasteiger charge is 2.64. The number of carboxylic acids is 2. The maximum atomic E-state index is 14.1. The first-order chi connectivity index (χ1) is 62.6. The summed E-state index contributed by atoms with van der Waals surface area (Å²) in [5.74, 6) is -14.5. The molecule has 25 N–H and O–H groups in total. The summed E-state index contributed by atoms with van der Waals surface area (Å²) in [5, 5.41) is 248. The van der Waals surface area contributed by atoms with Gasteiger partial charge in [-0.1, -0.05) is 206 Å². The Morgan fingerprint density at radius 3 is 1.16 bits per heavy atom. The van der Waals surface area contributed by atoms with Crippen LogP contribution in [0, 0.1) is 0 Å². The molecule has 6 saturated heterocycles. The number of allylic oxidation sites excluding steroid dienone is 1. The summed E-state index contributed by atoms with van der Waals surface area (Å²) >= 11 is 0. The molecule has 131 heavy (non-hydrogen) atoms. The molecular formula is C88H156N4O39. The minimum absolute atomic E-state index is 0.0958. The van der Waals surface area contributed by atoms with Gasteiger partial charge >= 0.3 is 11.9 Å². The predicted octanol–water partition coefficient (Wildman–Crippen LogP) is -2.31. The normalized spacial score (nSPS) is 34.4. The van der Waals surface area contributed by atoms with Crippen LogP contribution in [-0.2, 0) is 85.6 Å². The number of carbonyl (C=O) groups excluding carboxylic acids is 4. The zero-order valence-corrected chi connectivity index (χ0v) is 76.4. The van der Waals surface area contributed by atoms with Gasteiger partial charge in [-0.15, -0.1) is 0 Å². The number of amides is 4. The van der Waals surface area contributed by atoms with Crippen LogP contribution in [0.1, 0.15) is 253 Å². The fraction of sp³-hybridized carbons (Fsp3) is 0.909. The molecule has 0 aromatic carbocycles. The van der Waals surface area contributed by atoms with E-state index in [0.717, 1.165) is 85.0 Å². The van der Waals surface area contributed by atoms with E-state index in [0.29, 0.717) is 12.8 Å². The topological polar surface area (TPSA) is 686 Å². The Morgan fingerprint density at radius 2 is 0.748 bits per heavy atom. The number of carboxylic acid groups (broad SMARTS) is 2. The van der Waals surface area contributed by atoms with E-state index in [2.05, 4.69) is 35.1 Å². The highest BCUT2D eigenvalue weighted by atomic mass is 16.8. The van der Waals surface area contributed by atoms with Crippen molar-refractivity contribution >= 4 is 35.6 Å². The van der Waals surface area contributed by atoms with Crippen LogP contribution in [0.2, 0.25) is 0 Å². The van der Waals surface area contributed by atoms with E-state index >= 15 is 0 Å². The van der Waals surface area contributed by atoms with Crippen molar-refractivity contribution in [3.8, 4) is 0 Å². The lowest BCUT2D eigenvalue weighted by atomic mass is 9.88. The Bertz CT molecular complexity index is 3280. The molecule has 0 spiro atoms. The summed E-state index contributed by atoms with van der Waals surface area (Å²) in [6.07, 6.45) is -26.8. The van der Waals surface area contributed by atoms with Gasteiger partial charge in [0.05, 0.1) is 82.7 Å². The van der Waals surface area contributed by atoms with Gasteiger partial charge in [0, 0.05) is 40.0 Å². The molecule has 43 heteroatoms. The predicted molar refractivity (Wildman–Crippen MR) is 458 cm³/mol. The number of aliphatic carboxylic acids is 2. The molecule has 762 valence electrons. The van der Waals surface area contributed by atoms with Crippen LogP contribution in [0.4, 0.5) is 0 Å². The van der Waals surface area contributed by atoms with Crippen LogP contribution in [0.25, 0.3) is 0 Å². The molecule has 0 saturated carbocycles. The minimum Gasteiger partial charge on any atom is -0.477 e. The second-order valence-corrected chi connectivity index (χ2v) is 35.7. The first kappa shape index (κ1) is 115. The van der Waals surface area contributed by atoms with Crippen molar-refractivity contribution in [2.75, 3.05) is 46.2 Å². The van der Waals surface area contributed by atoms with Crippen molar-refractivity contribution < 1.29 is 193 Å². The van der Waals surface area contributed by atoms with E-state index in [9.17, 15) is 136 Å². The first-order valence-corrected chi connectivity index (χ1v) is 47.2. The van der Waals surface area contributed by atoms with Crippen LogP contribution in [0.15, 0.2) is 12.2 Å². The molecular weight excluding hydrogens is 1740 g/mol. The molecule has 43 nitrogen and oxygen atoms in total. The Balaban J connectivity index is 1.27. The number of aliphatic hydroxyl groups is 19. The molecule has 0 aromatic rings.